The van der Waals surface area contributed by atoms with Crippen LogP contribution in [-0.4, -0.2) is 20.2 Å². The van der Waals surface area contributed by atoms with Gasteiger partial charge in [0.2, 0.25) is 0 Å². The summed E-state index contributed by atoms with van der Waals surface area (Å²) in [6.07, 6.45) is 6.32. The van der Waals surface area contributed by atoms with Gasteiger partial charge in [-0.15, -0.1) is 5.10 Å². The molecule has 0 aliphatic heterocycles. The van der Waals surface area contributed by atoms with Crippen LogP contribution >= 0.6 is 15.9 Å². The van der Waals surface area contributed by atoms with Gasteiger partial charge in [0.1, 0.15) is 0 Å². The lowest BCUT2D eigenvalue weighted by molar-refractivity contribution is 0.422. The normalized spacial score (nSPS) is 16.7. The van der Waals surface area contributed by atoms with Crippen LogP contribution in [0.25, 0.3) is 5.69 Å². The molecule has 1 fully saturated rings. The number of rotatable bonds is 2. The largest absolute Gasteiger partial charge is 0.197 e. The Morgan fingerprint density at radius 2 is 2.00 bits per heavy atom. The minimum Gasteiger partial charge on any atom is -0.197 e. The van der Waals surface area contributed by atoms with Crippen LogP contribution in [0, 0.1) is 6.92 Å². The molecule has 1 aromatic heterocycles. The number of aromatic nitrogens is 4. The third-order valence-electron chi connectivity index (χ3n) is 3.93. The summed E-state index contributed by atoms with van der Waals surface area (Å²) in [4.78, 5) is 0. The molecule has 0 spiro atoms. The van der Waals surface area contributed by atoms with E-state index in [0.717, 1.165) is 16.0 Å². The quantitative estimate of drug-likeness (QED) is 0.845. The van der Waals surface area contributed by atoms with E-state index >= 15 is 0 Å². The van der Waals surface area contributed by atoms with Gasteiger partial charge in [0.05, 0.1) is 5.69 Å². The van der Waals surface area contributed by atoms with Gasteiger partial charge in [-0.05, 0) is 47.9 Å². The van der Waals surface area contributed by atoms with E-state index in [0.29, 0.717) is 5.92 Å². The molecule has 1 aromatic carbocycles. The maximum absolute atomic E-state index is 4.27. The lowest BCUT2D eigenvalue weighted by Crippen LogP contribution is -2.13. The maximum atomic E-state index is 4.27. The molecule has 100 valence electrons. The van der Waals surface area contributed by atoms with Crippen molar-refractivity contribution in [2.75, 3.05) is 0 Å². The SMILES string of the molecule is Cc1c(Br)cccc1-n1nnnc1C1CCCCC1. The Kier molecular flexibility index (Phi) is 3.64. The van der Waals surface area contributed by atoms with E-state index in [1.54, 1.807) is 0 Å². The van der Waals surface area contributed by atoms with Crippen molar-refractivity contribution in [1.29, 1.82) is 0 Å². The van der Waals surface area contributed by atoms with E-state index in [-0.39, 0.29) is 0 Å². The van der Waals surface area contributed by atoms with E-state index in [1.807, 2.05) is 16.8 Å². The maximum Gasteiger partial charge on any atom is 0.159 e. The van der Waals surface area contributed by atoms with Crippen molar-refractivity contribution < 1.29 is 0 Å². The second kappa shape index (κ2) is 5.41. The fourth-order valence-electron chi connectivity index (χ4n) is 2.81. The van der Waals surface area contributed by atoms with E-state index in [4.69, 9.17) is 0 Å². The standard InChI is InChI=1S/C14H17BrN4/c1-10-12(15)8-5-9-13(10)19-14(16-17-18-19)11-6-3-2-4-7-11/h5,8-9,11H,2-4,6-7H2,1H3. The second-order valence-electron chi connectivity index (χ2n) is 5.17. The predicted molar refractivity (Wildman–Crippen MR) is 77.4 cm³/mol. The van der Waals surface area contributed by atoms with Gasteiger partial charge in [0.25, 0.3) is 0 Å². The molecule has 1 heterocycles. The zero-order valence-electron chi connectivity index (χ0n) is 11.0. The first-order valence-corrected chi connectivity index (χ1v) is 7.60. The third kappa shape index (κ3) is 2.43. The minimum absolute atomic E-state index is 0.502. The van der Waals surface area contributed by atoms with E-state index in [9.17, 15) is 0 Å². The van der Waals surface area contributed by atoms with Crippen molar-refractivity contribution in [2.24, 2.45) is 0 Å². The molecule has 19 heavy (non-hydrogen) atoms. The molecule has 2 aromatic rings. The van der Waals surface area contributed by atoms with Gasteiger partial charge in [0, 0.05) is 10.4 Å². The van der Waals surface area contributed by atoms with Gasteiger partial charge in [-0.1, -0.05) is 41.3 Å². The predicted octanol–water partition coefficient (Wildman–Crippen LogP) is 3.78. The number of hydrogen-bond donors (Lipinski definition) is 0. The Labute approximate surface area is 121 Å². The highest BCUT2D eigenvalue weighted by atomic mass is 79.9. The second-order valence-corrected chi connectivity index (χ2v) is 6.02. The van der Waals surface area contributed by atoms with Crippen LogP contribution in [0.1, 0.15) is 49.4 Å². The van der Waals surface area contributed by atoms with Crippen molar-refractivity contribution >= 4 is 15.9 Å². The Balaban J connectivity index is 2.01. The molecule has 4 nitrogen and oxygen atoms in total. The molecule has 1 aliphatic carbocycles. The van der Waals surface area contributed by atoms with Gasteiger partial charge in [-0.25, -0.2) is 0 Å². The molecule has 1 saturated carbocycles. The summed E-state index contributed by atoms with van der Waals surface area (Å²) in [5.41, 5.74) is 2.24. The number of benzene rings is 1. The molecule has 5 heteroatoms. The first kappa shape index (κ1) is 12.8. The summed E-state index contributed by atoms with van der Waals surface area (Å²) >= 11 is 3.57. The highest BCUT2D eigenvalue weighted by molar-refractivity contribution is 9.10. The molecule has 0 saturated heterocycles. The van der Waals surface area contributed by atoms with Crippen LogP contribution in [0.5, 0.6) is 0 Å². The van der Waals surface area contributed by atoms with Gasteiger partial charge < -0.3 is 0 Å². The fourth-order valence-corrected chi connectivity index (χ4v) is 3.16. The molecule has 0 atom stereocenters. The molecular formula is C14H17BrN4. The van der Waals surface area contributed by atoms with Crippen molar-refractivity contribution in [1.82, 2.24) is 20.2 Å². The van der Waals surface area contributed by atoms with Crippen LogP contribution < -0.4 is 0 Å². The number of hydrogen-bond acceptors (Lipinski definition) is 3. The zero-order chi connectivity index (χ0) is 13.2. The Bertz CT molecular complexity index is 573. The van der Waals surface area contributed by atoms with Crippen molar-refractivity contribution in [2.45, 2.75) is 44.9 Å². The summed E-state index contributed by atoms with van der Waals surface area (Å²) in [5.74, 6) is 1.52. The smallest absolute Gasteiger partial charge is 0.159 e. The first-order chi connectivity index (χ1) is 9.27. The van der Waals surface area contributed by atoms with E-state index in [2.05, 4.69) is 44.4 Å². The summed E-state index contributed by atoms with van der Waals surface area (Å²) in [6.45, 7) is 2.09. The van der Waals surface area contributed by atoms with Gasteiger partial charge >= 0.3 is 0 Å². The van der Waals surface area contributed by atoms with Crippen LogP contribution in [-0.2, 0) is 0 Å². The summed E-state index contributed by atoms with van der Waals surface area (Å²) < 4.78 is 3.01. The Morgan fingerprint density at radius 1 is 1.21 bits per heavy atom. The lowest BCUT2D eigenvalue weighted by Gasteiger charge is -2.21. The molecule has 0 unspecified atom stereocenters. The molecule has 0 bridgehead atoms. The molecule has 0 radical (unpaired) electrons. The fraction of sp³-hybridized carbons (Fsp3) is 0.500. The van der Waals surface area contributed by atoms with Crippen LogP contribution in [0.3, 0.4) is 0 Å². The topological polar surface area (TPSA) is 43.6 Å². The number of nitrogens with zero attached hydrogens (tertiary/aromatic N) is 4. The monoisotopic (exact) mass is 320 g/mol. The van der Waals surface area contributed by atoms with Gasteiger partial charge in [-0.2, -0.15) is 4.68 Å². The average Bonchev–Trinajstić information content (AvgIpc) is 2.92. The van der Waals surface area contributed by atoms with E-state index in [1.165, 1.54) is 37.7 Å². The van der Waals surface area contributed by atoms with E-state index < -0.39 is 0 Å². The molecule has 1 aliphatic rings. The van der Waals surface area contributed by atoms with Crippen molar-refractivity contribution in [3.05, 3.63) is 34.1 Å². The third-order valence-corrected chi connectivity index (χ3v) is 4.79. The van der Waals surface area contributed by atoms with Crippen LogP contribution in [0.15, 0.2) is 22.7 Å². The average molecular weight is 321 g/mol. The molecular weight excluding hydrogens is 304 g/mol. The van der Waals surface area contributed by atoms with Crippen LogP contribution in [0.2, 0.25) is 0 Å². The van der Waals surface area contributed by atoms with Crippen molar-refractivity contribution in [3.63, 3.8) is 0 Å². The summed E-state index contributed by atoms with van der Waals surface area (Å²) in [6, 6.07) is 6.14. The Morgan fingerprint density at radius 3 is 2.79 bits per heavy atom. The molecule has 0 N–H and O–H groups in total. The first-order valence-electron chi connectivity index (χ1n) is 6.81. The summed E-state index contributed by atoms with van der Waals surface area (Å²) in [7, 11) is 0. The minimum atomic E-state index is 0.502. The number of tetrazole rings is 1. The summed E-state index contributed by atoms with van der Waals surface area (Å²) in [5, 5.41) is 12.4. The number of halogens is 1. The molecule has 0 amide bonds. The Hall–Kier alpha value is -1.23. The van der Waals surface area contributed by atoms with Gasteiger partial charge in [0.15, 0.2) is 5.82 Å². The molecule has 3 rings (SSSR count). The highest BCUT2D eigenvalue weighted by Gasteiger charge is 2.23. The highest BCUT2D eigenvalue weighted by Crippen LogP contribution is 2.33. The zero-order valence-corrected chi connectivity index (χ0v) is 12.6. The lowest BCUT2D eigenvalue weighted by atomic mass is 9.88. The van der Waals surface area contributed by atoms with Gasteiger partial charge in [-0.3, -0.25) is 0 Å². The van der Waals surface area contributed by atoms with Crippen LogP contribution in [0.4, 0.5) is 0 Å². The van der Waals surface area contributed by atoms with Crippen molar-refractivity contribution in [3.8, 4) is 5.69 Å².